The zero-order valence-electron chi connectivity index (χ0n) is 14.7. The van der Waals surface area contributed by atoms with Gasteiger partial charge >= 0.3 is 0 Å². The van der Waals surface area contributed by atoms with Gasteiger partial charge in [-0.1, -0.05) is 39.2 Å². The third-order valence-corrected chi connectivity index (χ3v) is 3.45. The fourth-order valence-electron chi connectivity index (χ4n) is 2.26. The molecule has 22 heavy (non-hydrogen) atoms. The smallest absolute Gasteiger partial charge is 0.0595 e. The molecule has 126 valence electrons. The average molecular weight is 306 g/mol. The van der Waals surface area contributed by atoms with Gasteiger partial charge in [0.2, 0.25) is 0 Å². The Hall–Kier alpha value is -1.71. The topological polar surface area (TPSA) is 76.4 Å². The molecule has 5 N–H and O–H groups in total. The molecule has 2 rings (SSSR count). The first-order valence-corrected chi connectivity index (χ1v) is 8.44. The van der Waals surface area contributed by atoms with Crippen LogP contribution in [0.5, 0.6) is 0 Å². The van der Waals surface area contributed by atoms with E-state index in [1.54, 1.807) is 6.21 Å². The van der Waals surface area contributed by atoms with E-state index in [0.717, 1.165) is 11.4 Å². The minimum atomic E-state index is 0.407. The zero-order valence-corrected chi connectivity index (χ0v) is 14.7. The number of allylic oxidation sites excluding steroid dienone is 5. The number of nitrogens with zero attached hydrogens (tertiary/aromatic N) is 1. The van der Waals surface area contributed by atoms with Crippen LogP contribution in [-0.4, -0.2) is 12.3 Å². The van der Waals surface area contributed by atoms with Crippen molar-refractivity contribution in [3.8, 4) is 0 Å². The molecule has 0 saturated heterocycles. The van der Waals surface area contributed by atoms with Crippen LogP contribution in [0, 0.1) is 5.92 Å². The molecule has 1 heterocycles. The van der Waals surface area contributed by atoms with Crippen molar-refractivity contribution in [1.29, 1.82) is 0 Å². The molecule has 1 aliphatic carbocycles. The van der Waals surface area contributed by atoms with E-state index in [1.807, 2.05) is 52.0 Å². The van der Waals surface area contributed by atoms with E-state index in [9.17, 15) is 0 Å². The van der Waals surface area contributed by atoms with Crippen molar-refractivity contribution in [3.05, 3.63) is 35.7 Å². The summed E-state index contributed by atoms with van der Waals surface area (Å²) < 4.78 is 0. The van der Waals surface area contributed by atoms with Crippen molar-refractivity contribution in [1.82, 2.24) is 5.43 Å². The van der Waals surface area contributed by atoms with Crippen molar-refractivity contribution in [3.63, 3.8) is 0 Å². The fraction of sp³-hybridized carbons (Fsp3) is 0.611. The summed E-state index contributed by atoms with van der Waals surface area (Å²) in [6.45, 7) is 7.93. The largest absolute Gasteiger partial charge is 0.402 e. The standard InChI is InChI=1S/C11H20N2.C5H8N2.C2H6/c1-9(12)7-8-11(13)10-5-3-2-4-6-10;1-5-3-2-4-6-7-5;1-2/h7-8,10H,2-6,12-13H2,1H3;2-5,7H,1H3;1-2H3/b9-7-,11-8-;;. The molecule has 1 fully saturated rings. The summed E-state index contributed by atoms with van der Waals surface area (Å²) in [5, 5.41) is 3.80. The lowest BCUT2D eigenvalue weighted by Crippen LogP contribution is -2.19. The highest BCUT2D eigenvalue weighted by Gasteiger charge is 2.14. The van der Waals surface area contributed by atoms with E-state index in [1.165, 1.54) is 32.1 Å². The van der Waals surface area contributed by atoms with E-state index in [2.05, 4.69) is 10.5 Å². The third-order valence-electron chi connectivity index (χ3n) is 3.45. The Morgan fingerprint density at radius 2 is 1.77 bits per heavy atom. The van der Waals surface area contributed by atoms with E-state index >= 15 is 0 Å². The molecule has 1 atom stereocenters. The van der Waals surface area contributed by atoms with E-state index < -0.39 is 0 Å². The molecule has 1 saturated carbocycles. The van der Waals surface area contributed by atoms with Crippen molar-refractivity contribution < 1.29 is 0 Å². The molecule has 4 heteroatoms. The van der Waals surface area contributed by atoms with Crippen LogP contribution in [0.4, 0.5) is 0 Å². The fourth-order valence-corrected chi connectivity index (χ4v) is 2.26. The van der Waals surface area contributed by atoms with Gasteiger partial charge in [0.15, 0.2) is 0 Å². The van der Waals surface area contributed by atoms with Gasteiger partial charge in [0.05, 0.1) is 6.04 Å². The maximum absolute atomic E-state index is 5.96. The molecule has 0 aromatic heterocycles. The van der Waals surface area contributed by atoms with Crippen molar-refractivity contribution in [2.75, 3.05) is 0 Å². The van der Waals surface area contributed by atoms with Crippen LogP contribution < -0.4 is 16.9 Å². The number of hydrogen-bond acceptors (Lipinski definition) is 4. The highest BCUT2D eigenvalue weighted by molar-refractivity contribution is 5.71. The van der Waals surface area contributed by atoms with Crippen molar-refractivity contribution >= 4 is 6.21 Å². The summed E-state index contributed by atoms with van der Waals surface area (Å²) in [6, 6.07) is 0.407. The first kappa shape index (κ1) is 20.3. The molecule has 0 aromatic carbocycles. The predicted octanol–water partition coefficient (Wildman–Crippen LogP) is 3.82. The van der Waals surface area contributed by atoms with Gasteiger partial charge in [0.1, 0.15) is 0 Å². The first-order chi connectivity index (χ1) is 10.6. The molecule has 0 amide bonds. The normalized spacial score (nSPS) is 21.9. The Labute approximate surface area is 136 Å². The molecular formula is C18H34N4. The number of nitrogens with two attached hydrogens (primary N) is 2. The van der Waals surface area contributed by atoms with Crippen LogP contribution in [0.15, 0.2) is 40.8 Å². The summed E-state index contributed by atoms with van der Waals surface area (Å²) in [4.78, 5) is 0. The SMILES string of the molecule is C/C(N)=C/C=C(\N)C1CCCCC1.CC.CC1C=CC=NN1. The lowest BCUT2D eigenvalue weighted by Gasteiger charge is -2.21. The summed E-state index contributed by atoms with van der Waals surface area (Å²) >= 11 is 0. The van der Waals surface area contributed by atoms with Crippen LogP contribution >= 0.6 is 0 Å². The van der Waals surface area contributed by atoms with Gasteiger partial charge in [0, 0.05) is 17.6 Å². The lowest BCUT2D eigenvalue weighted by atomic mass is 9.87. The molecule has 4 nitrogen and oxygen atoms in total. The molecule has 0 radical (unpaired) electrons. The second kappa shape index (κ2) is 13.0. The van der Waals surface area contributed by atoms with Gasteiger partial charge in [-0.2, -0.15) is 5.10 Å². The molecule has 2 aliphatic rings. The Balaban J connectivity index is 0.000000412. The lowest BCUT2D eigenvalue weighted by molar-refractivity contribution is 0.400. The molecular weight excluding hydrogens is 272 g/mol. The molecule has 0 aromatic rings. The van der Waals surface area contributed by atoms with E-state index in [-0.39, 0.29) is 0 Å². The number of rotatable bonds is 2. The number of hydrazone groups is 1. The Morgan fingerprint density at radius 3 is 2.18 bits per heavy atom. The van der Waals surface area contributed by atoms with Crippen molar-refractivity contribution in [2.45, 2.75) is 65.8 Å². The molecule has 1 unspecified atom stereocenters. The predicted molar refractivity (Wildman–Crippen MR) is 98.4 cm³/mol. The van der Waals surface area contributed by atoms with Gasteiger partial charge in [-0.05, 0) is 50.8 Å². The van der Waals surface area contributed by atoms with Gasteiger partial charge in [-0.3, -0.25) is 0 Å². The summed E-state index contributed by atoms with van der Waals surface area (Å²) in [5.41, 5.74) is 16.2. The zero-order chi connectivity index (χ0) is 16.8. The minimum absolute atomic E-state index is 0.407. The van der Waals surface area contributed by atoms with Gasteiger partial charge in [-0.15, -0.1) is 0 Å². The van der Waals surface area contributed by atoms with Crippen LogP contribution in [0.1, 0.15) is 59.8 Å². The third kappa shape index (κ3) is 10.1. The van der Waals surface area contributed by atoms with Crippen molar-refractivity contribution in [2.24, 2.45) is 22.5 Å². The van der Waals surface area contributed by atoms with Gasteiger partial charge in [-0.25, -0.2) is 0 Å². The maximum atomic E-state index is 5.96. The van der Waals surface area contributed by atoms with Gasteiger partial charge < -0.3 is 16.9 Å². The quantitative estimate of drug-likeness (QED) is 0.679. The monoisotopic (exact) mass is 306 g/mol. The molecule has 0 bridgehead atoms. The first-order valence-electron chi connectivity index (χ1n) is 8.44. The highest BCUT2D eigenvalue weighted by Crippen LogP contribution is 2.27. The summed E-state index contributed by atoms with van der Waals surface area (Å²) in [5.74, 6) is 0.601. The van der Waals surface area contributed by atoms with E-state index in [4.69, 9.17) is 11.5 Å². The summed E-state index contributed by atoms with van der Waals surface area (Å²) in [6.07, 6.45) is 16.1. The second-order valence-corrected chi connectivity index (χ2v) is 5.49. The van der Waals surface area contributed by atoms with Crippen LogP contribution in [0.25, 0.3) is 0 Å². The molecule has 1 aliphatic heterocycles. The second-order valence-electron chi connectivity index (χ2n) is 5.49. The minimum Gasteiger partial charge on any atom is -0.402 e. The molecule has 0 spiro atoms. The van der Waals surface area contributed by atoms with E-state index in [0.29, 0.717) is 12.0 Å². The highest BCUT2D eigenvalue weighted by atomic mass is 15.3. The van der Waals surface area contributed by atoms with Crippen LogP contribution in [-0.2, 0) is 0 Å². The number of hydrogen-bond donors (Lipinski definition) is 3. The summed E-state index contributed by atoms with van der Waals surface area (Å²) in [7, 11) is 0. The van der Waals surface area contributed by atoms with Crippen LogP contribution in [0.3, 0.4) is 0 Å². The Morgan fingerprint density at radius 1 is 1.14 bits per heavy atom. The average Bonchev–Trinajstić information content (AvgIpc) is 2.56. The maximum Gasteiger partial charge on any atom is 0.0595 e. The van der Waals surface area contributed by atoms with Gasteiger partial charge in [0.25, 0.3) is 0 Å². The number of nitrogens with one attached hydrogen (secondary N) is 1. The Kier molecular flexibility index (Phi) is 12.0. The van der Waals surface area contributed by atoms with Crippen LogP contribution in [0.2, 0.25) is 0 Å². The Bertz CT molecular complexity index is 384.